The van der Waals surface area contributed by atoms with Gasteiger partial charge in [0.05, 0.1) is 12.8 Å². The van der Waals surface area contributed by atoms with Gasteiger partial charge in [-0.2, -0.15) is 0 Å². The number of hydrogen-bond donors (Lipinski definition) is 3. The molecule has 0 saturated carbocycles. The Morgan fingerprint density at radius 3 is 2.93 bits per heavy atom. The second-order valence-corrected chi connectivity index (χ2v) is 6.67. The number of rotatable bonds is 9. The summed E-state index contributed by atoms with van der Waals surface area (Å²) >= 11 is 0. The van der Waals surface area contributed by atoms with Gasteiger partial charge in [0.15, 0.2) is 5.96 Å². The first-order valence-corrected chi connectivity index (χ1v) is 9.77. The highest BCUT2D eigenvalue weighted by atomic mass is 127. The van der Waals surface area contributed by atoms with E-state index >= 15 is 0 Å². The van der Waals surface area contributed by atoms with Gasteiger partial charge in [-0.3, -0.25) is 9.79 Å². The molecule has 2 heterocycles. The molecule has 29 heavy (non-hydrogen) atoms. The number of furan rings is 1. The Hall–Kier alpha value is -2.07. The summed E-state index contributed by atoms with van der Waals surface area (Å²) in [5.41, 5.74) is 2.04. The van der Waals surface area contributed by atoms with E-state index in [-0.39, 0.29) is 35.8 Å². The molecule has 1 atom stereocenters. The monoisotopic (exact) mass is 512 g/mol. The fraction of sp³-hybridized carbons (Fsp3) is 0.429. The standard InChI is InChI=1S/C21H28N4O3.HI/c1-2-22-21(23-10-6-11-27-15-17-7-5-12-28-17)24-14-16-13-20(26)25-19-9-4-3-8-18(16)19;/h3-5,7-9,12,16H,2,6,10-11,13-15H2,1H3,(H,25,26)(H2,22,23,24);1H. The fourth-order valence-corrected chi connectivity index (χ4v) is 3.16. The molecule has 0 fully saturated rings. The van der Waals surface area contributed by atoms with Gasteiger partial charge in [-0.1, -0.05) is 18.2 Å². The minimum Gasteiger partial charge on any atom is -0.467 e. The zero-order valence-corrected chi connectivity index (χ0v) is 19.0. The molecule has 1 unspecified atom stereocenters. The SMILES string of the molecule is CCNC(=NCC1CC(=O)Nc2ccccc21)NCCCOCc1ccco1.I. The number of hydrogen-bond acceptors (Lipinski definition) is 4. The molecule has 158 valence electrons. The van der Waals surface area contributed by atoms with E-state index in [2.05, 4.69) is 27.0 Å². The summed E-state index contributed by atoms with van der Waals surface area (Å²) in [5.74, 6) is 1.74. The predicted octanol–water partition coefficient (Wildman–Crippen LogP) is 3.49. The van der Waals surface area contributed by atoms with Crippen molar-refractivity contribution in [2.75, 3.05) is 31.6 Å². The molecule has 1 aromatic heterocycles. The molecule has 0 aliphatic carbocycles. The normalized spacial score (nSPS) is 15.8. The zero-order valence-electron chi connectivity index (χ0n) is 16.6. The number of nitrogens with zero attached hydrogens (tertiary/aromatic N) is 1. The van der Waals surface area contributed by atoms with Crippen LogP contribution in [0.2, 0.25) is 0 Å². The zero-order chi connectivity index (χ0) is 19.6. The maximum absolute atomic E-state index is 12.0. The molecule has 1 aliphatic heterocycles. The van der Waals surface area contributed by atoms with Gasteiger partial charge in [-0.25, -0.2) is 0 Å². The van der Waals surface area contributed by atoms with Gasteiger partial charge in [0.2, 0.25) is 5.91 Å². The first-order valence-electron chi connectivity index (χ1n) is 9.77. The highest BCUT2D eigenvalue weighted by Crippen LogP contribution is 2.31. The van der Waals surface area contributed by atoms with E-state index in [1.165, 1.54) is 0 Å². The number of guanidine groups is 1. The lowest BCUT2D eigenvalue weighted by Gasteiger charge is -2.24. The largest absolute Gasteiger partial charge is 0.467 e. The van der Waals surface area contributed by atoms with Crippen molar-refractivity contribution in [3.8, 4) is 0 Å². The van der Waals surface area contributed by atoms with Gasteiger partial charge in [0.1, 0.15) is 12.4 Å². The average molecular weight is 512 g/mol. The number of fused-ring (bicyclic) bond motifs is 1. The number of carbonyl (C=O) groups excluding carboxylic acids is 1. The van der Waals surface area contributed by atoms with E-state index in [9.17, 15) is 4.79 Å². The van der Waals surface area contributed by atoms with E-state index < -0.39 is 0 Å². The molecule has 0 bridgehead atoms. The van der Waals surface area contributed by atoms with Crippen LogP contribution in [0.5, 0.6) is 0 Å². The Bertz CT molecular complexity index is 780. The van der Waals surface area contributed by atoms with Gasteiger partial charge in [-0.05, 0) is 37.1 Å². The summed E-state index contributed by atoms with van der Waals surface area (Å²) in [4.78, 5) is 16.6. The van der Waals surface area contributed by atoms with Crippen LogP contribution in [0.3, 0.4) is 0 Å². The van der Waals surface area contributed by atoms with Crippen LogP contribution in [0.4, 0.5) is 5.69 Å². The van der Waals surface area contributed by atoms with Crippen molar-refractivity contribution in [3.63, 3.8) is 0 Å². The first kappa shape index (κ1) is 23.2. The molecule has 7 nitrogen and oxygen atoms in total. The number of halogens is 1. The van der Waals surface area contributed by atoms with Gasteiger partial charge < -0.3 is 25.1 Å². The van der Waals surface area contributed by atoms with Gasteiger partial charge >= 0.3 is 0 Å². The Balaban J connectivity index is 0.00000300. The van der Waals surface area contributed by atoms with Crippen LogP contribution >= 0.6 is 24.0 Å². The summed E-state index contributed by atoms with van der Waals surface area (Å²) in [6, 6.07) is 11.7. The van der Waals surface area contributed by atoms with Crippen molar-refractivity contribution in [1.82, 2.24) is 10.6 Å². The van der Waals surface area contributed by atoms with Crippen LogP contribution < -0.4 is 16.0 Å². The third-order valence-electron chi connectivity index (χ3n) is 4.50. The van der Waals surface area contributed by atoms with E-state index in [0.29, 0.717) is 26.2 Å². The van der Waals surface area contributed by atoms with Crippen LogP contribution in [0.15, 0.2) is 52.1 Å². The van der Waals surface area contributed by atoms with Crippen LogP contribution in [-0.2, 0) is 16.1 Å². The van der Waals surface area contributed by atoms with E-state index in [0.717, 1.165) is 42.5 Å². The lowest BCUT2D eigenvalue weighted by atomic mass is 9.91. The van der Waals surface area contributed by atoms with Crippen molar-refractivity contribution in [1.29, 1.82) is 0 Å². The third kappa shape index (κ3) is 7.36. The number of carbonyl (C=O) groups is 1. The van der Waals surface area contributed by atoms with Gasteiger partial charge in [-0.15, -0.1) is 24.0 Å². The molecule has 8 heteroatoms. The van der Waals surface area contributed by atoms with Crippen molar-refractivity contribution in [3.05, 3.63) is 54.0 Å². The molecular formula is C21H29IN4O3. The number of nitrogens with one attached hydrogen (secondary N) is 3. The summed E-state index contributed by atoms with van der Waals surface area (Å²) in [5, 5.41) is 9.50. The van der Waals surface area contributed by atoms with Crippen LogP contribution in [0.1, 0.15) is 37.0 Å². The molecule has 2 aromatic rings. The Kier molecular flexibility index (Phi) is 9.99. The van der Waals surface area contributed by atoms with Crippen molar-refractivity contribution in [2.45, 2.75) is 32.3 Å². The smallest absolute Gasteiger partial charge is 0.225 e. The minimum absolute atomic E-state index is 0. The number of para-hydroxylation sites is 1. The number of ether oxygens (including phenoxy) is 1. The lowest BCUT2D eigenvalue weighted by molar-refractivity contribution is -0.116. The lowest BCUT2D eigenvalue weighted by Crippen LogP contribution is -2.38. The van der Waals surface area contributed by atoms with E-state index in [1.54, 1.807) is 6.26 Å². The van der Waals surface area contributed by atoms with E-state index in [1.807, 2.05) is 37.3 Å². The first-order chi connectivity index (χ1) is 13.8. The second-order valence-electron chi connectivity index (χ2n) is 6.67. The Morgan fingerprint density at radius 1 is 1.28 bits per heavy atom. The van der Waals surface area contributed by atoms with Crippen LogP contribution in [0, 0.1) is 0 Å². The molecule has 1 aromatic carbocycles. The van der Waals surface area contributed by atoms with Crippen LogP contribution in [0.25, 0.3) is 0 Å². The highest BCUT2D eigenvalue weighted by molar-refractivity contribution is 14.0. The quantitative estimate of drug-likeness (QED) is 0.207. The summed E-state index contributed by atoms with van der Waals surface area (Å²) in [6.45, 7) is 5.27. The number of aliphatic imine (C=N–C) groups is 1. The van der Waals surface area contributed by atoms with Crippen molar-refractivity contribution < 1.29 is 13.9 Å². The maximum Gasteiger partial charge on any atom is 0.225 e. The highest BCUT2D eigenvalue weighted by Gasteiger charge is 2.24. The second kappa shape index (κ2) is 12.5. The van der Waals surface area contributed by atoms with Crippen molar-refractivity contribution >= 4 is 41.5 Å². The summed E-state index contributed by atoms with van der Waals surface area (Å²) in [7, 11) is 0. The van der Waals surface area contributed by atoms with Crippen molar-refractivity contribution in [2.24, 2.45) is 4.99 Å². The predicted molar refractivity (Wildman–Crippen MR) is 125 cm³/mol. The van der Waals surface area contributed by atoms with Gasteiger partial charge in [0, 0.05) is 37.7 Å². The average Bonchev–Trinajstić information content (AvgIpc) is 3.21. The molecule has 1 amide bonds. The Morgan fingerprint density at radius 2 is 2.14 bits per heavy atom. The molecule has 0 spiro atoms. The van der Waals surface area contributed by atoms with E-state index in [4.69, 9.17) is 9.15 Å². The molecule has 0 saturated heterocycles. The number of benzene rings is 1. The fourth-order valence-electron chi connectivity index (χ4n) is 3.16. The maximum atomic E-state index is 12.0. The molecule has 3 N–H and O–H groups in total. The van der Waals surface area contributed by atoms with Gasteiger partial charge in [0.25, 0.3) is 0 Å². The molecule has 3 rings (SSSR count). The third-order valence-corrected chi connectivity index (χ3v) is 4.50. The number of amides is 1. The molecular weight excluding hydrogens is 483 g/mol. The Labute approximate surface area is 188 Å². The summed E-state index contributed by atoms with van der Waals surface area (Å²) < 4.78 is 10.8. The summed E-state index contributed by atoms with van der Waals surface area (Å²) in [6.07, 6.45) is 2.97. The number of anilines is 1. The topological polar surface area (TPSA) is 87.9 Å². The molecule has 0 radical (unpaired) electrons. The molecule has 1 aliphatic rings. The minimum atomic E-state index is 0. The van der Waals surface area contributed by atoms with Crippen LogP contribution in [-0.4, -0.2) is 38.1 Å².